The second-order valence-electron chi connectivity index (χ2n) is 6.89. The number of imide groups is 2. The molecular formula is C23H17N3O7. The summed E-state index contributed by atoms with van der Waals surface area (Å²) < 4.78 is 11.0. The zero-order valence-corrected chi connectivity index (χ0v) is 17.3. The van der Waals surface area contributed by atoms with Crippen LogP contribution in [0.1, 0.15) is 12.7 Å². The summed E-state index contributed by atoms with van der Waals surface area (Å²) in [5.41, 5.74) is 0.505. The molecule has 1 N–H and O–H groups in total. The molecule has 0 saturated carbocycles. The fourth-order valence-electron chi connectivity index (χ4n) is 3.23. The predicted molar refractivity (Wildman–Crippen MR) is 117 cm³/mol. The van der Waals surface area contributed by atoms with Crippen LogP contribution in [0.15, 0.2) is 70.7 Å². The molecule has 4 amide bonds. The molecule has 1 fully saturated rings. The Kier molecular flexibility index (Phi) is 5.73. The normalized spacial score (nSPS) is 15.0. The van der Waals surface area contributed by atoms with Gasteiger partial charge in [0.25, 0.3) is 17.5 Å². The number of non-ortho nitro benzene ring substituents is 1. The van der Waals surface area contributed by atoms with Crippen LogP contribution in [0.2, 0.25) is 0 Å². The van der Waals surface area contributed by atoms with Crippen LogP contribution in [0.4, 0.5) is 16.2 Å². The monoisotopic (exact) mass is 447 g/mol. The number of nitrogens with zero attached hydrogens (tertiary/aromatic N) is 2. The number of urea groups is 1. The Morgan fingerprint density at radius 3 is 2.36 bits per heavy atom. The number of barbiturate groups is 1. The van der Waals surface area contributed by atoms with E-state index in [0.29, 0.717) is 23.7 Å². The highest BCUT2D eigenvalue weighted by Crippen LogP contribution is 2.27. The van der Waals surface area contributed by atoms with Gasteiger partial charge in [-0.25, -0.2) is 9.69 Å². The summed E-state index contributed by atoms with van der Waals surface area (Å²) in [6.45, 7) is 2.30. The molecule has 10 nitrogen and oxygen atoms in total. The zero-order chi connectivity index (χ0) is 23.5. The van der Waals surface area contributed by atoms with Crippen molar-refractivity contribution in [3.63, 3.8) is 0 Å². The van der Waals surface area contributed by atoms with Crippen molar-refractivity contribution in [2.24, 2.45) is 0 Å². The minimum Gasteiger partial charge on any atom is -0.494 e. The van der Waals surface area contributed by atoms with Crippen LogP contribution >= 0.6 is 0 Å². The lowest BCUT2D eigenvalue weighted by Crippen LogP contribution is -2.54. The molecule has 166 valence electrons. The maximum atomic E-state index is 13.0. The third kappa shape index (κ3) is 4.35. The topological polar surface area (TPSA) is 132 Å². The molecule has 33 heavy (non-hydrogen) atoms. The molecular weight excluding hydrogens is 430 g/mol. The average molecular weight is 447 g/mol. The molecule has 1 saturated heterocycles. The van der Waals surface area contributed by atoms with Gasteiger partial charge in [-0.3, -0.25) is 25.0 Å². The van der Waals surface area contributed by atoms with Crippen molar-refractivity contribution in [3.8, 4) is 17.1 Å². The van der Waals surface area contributed by atoms with Crippen molar-refractivity contribution in [2.75, 3.05) is 11.5 Å². The molecule has 0 atom stereocenters. The van der Waals surface area contributed by atoms with Crippen molar-refractivity contribution in [3.05, 3.63) is 82.1 Å². The minimum absolute atomic E-state index is 0.0591. The number of anilines is 1. The molecule has 1 aliphatic heterocycles. The second kappa shape index (κ2) is 8.79. The molecule has 3 aromatic rings. The number of rotatable bonds is 6. The Hall–Kier alpha value is -4.73. The first-order chi connectivity index (χ1) is 15.9. The lowest BCUT2D eigenvalue weighted by atomic mass is 10.1. The summed E-state index contributed by atoms with van der Waals surface area (Å²) in [7, 11) is 0. The Labute approximate surface area is 187 Å². The highest BCUT2D eigenvalue weighted by Gasteiger charge is 2.37. The predicted octanol–water partition coefficient (Wildman–Crippen LogP) is 3.92. The largest absolute Gasteiger partial charge is 0.494 e. The van der Waals surface area contributed by atoms with Crippen LogP contribution in [0.3, 0.4) is 0 Å². The molecule has 0 spiro atoms. The number of furan rings is 1. The highest BCUT2D eigenvalue weighted by molar-refractivity contribution is 6.39. The van der Waals surface area contributed by atoms with E-state index in [1.165, 1.54) is 42.5 Å². The third-order valence-corrected chi connectivity index (χ3v) is 4.78. The van der Waals surface area contributed by atoms with E-state index in [1.807, 2.05) is 6.92 Å². The maximum Gasteiger partial charge on any atom is 0.335 e. The van der Waals surface area contributed by atoms with Gasteiger partial charge in [0.15, 0.2) is 0 Å². The van der Waals surface area contributed by atoms with Gasteiger partial charge in [-0.1, -0.05) is 0 Å². The first-order valence-corrected chi connectivity index (χ1v) is 9.86. The lowest BCUT2D eigenvalue weighted by molar-refractivity contribution is -0.384. The summed E-state index contributed by atoms with van der Waals surface area (Å²) >= 11 is 0. The molecule has 0 radical (unpaired) electrons. The van der Waals surface area contributed by atoms with Crippen molar-refractivity contribution < 1.29 is 28.5 Å². The fourth-order valence-corrected chi connectivity index (χ4v) is 3.23. The van der Waals surface area contributed by atoms with Gasteiger partial charge in [0, 0.05) is 17.7 Å². The molecule has 1 aliphatic rings. The zero-order valence-electron chi connectivity index (χ0n) is 17.3. The van der Waals surface area contributed by atoms with Gasteiger partial charge < -0.3 is 9.15 Å². The van der Waals surface area contributed by atoms with Gasteiger partial charge in [-0.15, -0.1) is 0 Å². The lowest BCUT2D eigenvalue weighted by Gasteiger charge is -2.26. The maximum absolute atomic E-state index is 13.0. The van der Waals surface area contributed by atoms with Crippen LogP contribution in [0.5, 0.6) is 5.75 Å². The summed E-state index contributed by atoms with van der Waals surface area (Å²) in [5.74, 6) is -0.489. The van der Waals surface area contributed by atoms with E-state index < -0.39 is 22.8 Å². The van der Waals surface area contributed by atoms with Crippen LogP contribution in [0.25, 0.3) is 17.4 Å². The van der Waals surface area contributed by atoms with Crippen molar-refractivity contribution >= 4 is 35.3 Å². The molecule has 2 heterocycles. The van der Waals surface area contributed by atoms with E-state index in [2.05, 4.69) is 5.32 Å². The molecule has 1 aromatic heterocycles. The van der Waals surface area contributed by atoms with Crippen molar-refractivity contribution in [1.29, 1.82) is 0 Å². The van der Waals surface area contributed by atoms with Gasteiger partial charge in [0.2, 0.25) is 0 Å². The van der Waals surface area contributed by atoms with Crippen LogP contribution in [0, 0.1) is 10.1 Å². The number of ether oxygens (including phenoxy) is 1. The van der Waals surface area contributed by atoms with Crippen molar-refractivity contribution in [1.82, 2.24) is 5.32 Å². The number of carbonyl (C=O) groups is 3. The number of hydrogen-bond acceptors (Lipinski definition) is 7. The first-order valence-electron chi connectivity index (χ1n) is 9.86. The Bertz CT molecular complexity index is 1270. The molecule has 0 aliphatic carbocycles. The molecule has 4 rings (SSSR count). The van der Waals surface area contributed by atoms with E-state index in [1.54, 1.807) is 24.3 Å². The van der Waals surface area contributed by atoms with Gasteiger partial charge in [-0.2, -0.15) is 0 Å². The Balaban J connectivity index is 1.60. The van der Waals surface area contributed by atoms with Gasteiger partial charge in [0.1, 0.15) is 22.8 Å². The average Bonchev–Trinajstić information content (AvgIpc) is 3.27. The summed E-state index contributed by atoms with van der Waals surface area (Å²) in [5, 5.41) is 13.0. The van der Waals surface area contributed by atoms with Crippen molar-refractivity contribution in [2.45, 2.75) is 6.92 Å². The standard InChI is InChI=1S/C23H17N3O7/c1-2-32-17-9-7-15(8-10-17)25-22(28)19(21(27)24-23(25)29)13-18-11-12-20(33-18)14-3-5-16(6-4-14)26(30)31/h3-13H,2H2,1H3,(H,24,27,29)/b19-13-. The molecule has 10 heteroatoms. The van der Waals surface area contributed by atoms with Crippen LogP contribution in [-0.2, 0) is 9.59 Å². The van der Waals surface area contributed by atoms with Crippen LogP contribution in [-0.4, -0.2) is 29.4 Å². The van der Waals surface area contributed by atoms with Gasteiger partial charge in [0.05, 0.1) is 17.2 Å². The number of benzene rings is 2. The number of amides is 4. The number of hydrogen-bond donors (Lipinski definition) is 1. The number of carbonyl (C=O) groups excluding carboxylic acids is 3. The Morgan fingerprint density at radius 2 is 1.73 bits per heavy atom. The Morgan fingerprint density at radius 1 is 1.03 bits per heavy atom. The fraction of sp³-hybridized carbons (Fsp3) is 0.0870. The van der Waals surface area contributed by atoms with E-state index in [-0.39, 0.29) is 22.7 Å². The number of nitrogens with one attached hydrogen (secondary N) is 1. The highest BCUT2D eigenvalue weighted by atomic mass is 16.6. The SMILES string of the molecule is CCOc1ccc(N2C(=O)NC(=O)/C(=C/c3ccc(-c4ccc([N+](=O)[O-])cc4)o3)C2=O)cc1. The molecule has 2 aromatic carbocycles. The second-order valence-corrected chi connectivity index (χ2v) is 6.89. The first kappa shape index (κ1) is 21.5. The molecule has 0 unspecified atom stereocenters. The number of nitro groups is 1. The van der Waals surface area contributed by atoms with E-state index in [9.17, 15) is 24.5 Å². The quantitative estimate of drug-likeness (QED) is 0.262. The summed E-state index contributed by atoms with van der Waals surface area (Å²) in [4.78, 5) is 48.8. The minimum atomic E-state index is -0.864. The van der Waals surface area contributed by atoms with Crippen LogP contribution < -0.4 is 15.0 Å². The van der Waals surface area contributed by atoms with E-state index in [4.69, 9.17) is 9.15 Å². The summed E-state index contributed by atoms with van der Waals surface area (Å²) in [6.07, 6.45) is 1.24. The van der Waals surface area contributed by atoms with E-state index >= 15 is 0 Å². The van der Waals surface area contributed by atoms with Gasteiger partial charge >= 0.3 is 6.03 Å². The number of nitro benzene ring substituents is 1. The van der Waals surface area contributed by atoms with Gasteiger partial charge in [-0.05, 0) is 61.5 Å². The smallest absolute Gasteiger partial charge is 0.335 e. The van der Waals surface area contributed by atoms with E-state index in [0.717, 1.165) is 4.90 Å². The third-order valence-electron chi connectivity index (χ3n) is 4.78. The molecule has 0 bridgehead atoms. The summed E-state index contributed by atoms with van der Waals surface area (Å²) in [6, 6.07) is 14.3.